The highest BCUT2D eigenvalue weighted by Crippen LogP contribution is 2.24. The number of hydrogen-bond acceptors (Lipinski definition) is 4. The molecule has 0 atom stereocenters. The van der Waals surface area contributed by atoms with Crippen LogP contribution < -0.4 is 10.1 Å². The van der Waals surface area contributed by atoms with E-state index in [1.165, 1.54) is 16.9 Å². The van der Waals surface area contributed by atoms with E-state index in [9.17, 15) is 4.79 Å². The highest BCUT2D eigenvalue weighted by Gasteiger charge is 2.13. The number of aromatic nitrogens is 1. The number of nitrogens with one attached hydrogen (secondary N) is 1. The molecule has 1 heterocycles. The van der Waals surface area contributed by atoms with Crippen molar-refractivity contribution in [1.29, 1.82) is 0 Å². The molecule has 134 valence electrons. The van der Waals surface area contributed by atoms with E-state index in [2.05, 4.69) is 31.1 Å². The van der Waals surface area contributed by atoms with Crippen LogP contribution in [0, 0.1) is 0 Å². The van der Waals surface area contributed by atoms with E-state index >= 15 is 0 Å². The van der Waals surface area contributed by atoms with E-state index in [0.29, 0.717) is 17.9 Å². The molecule has 26 heavy (non-hydrogen) atoms. The Morgan fingerprint density at radius 1 is 1.15 bits per heavy atom. The van der Waals surface area contributed by atoms with Crippen LogP contribution >= 0.6 is 11.3 Å². The topological polar surface area (TPSA) is 51.2 Å². The van der Waals surface area contributed by atoms with Crippen LogP contribution in [0.1, 0.15) is 42.4 Å². The van der Waals surface area contributed by atoms with Crippen LogP contribution in [-0.4, -0.2) is 10.9 Å². The number of thiazole rings is 1. The number of anilines is 1. The summed E-state index contributed by atoms with van der Waals surface area (Å²) in [7, 11) is 0. The van der Waals surface area contributed by atoms with Gasteiger partial charge in [0.1, 0.15) is 12.4 Å². The number of carbonyl (C=O) groups is 1. The summed E-state index contributed by atoms with van der Waals surface area (Å²) in [5, 5.41) is 4.87. The van der Waals surface area contributed by atoms with Crippen molar-refractivity contribution in [3.63, 3.8) is 0 Å². The average molecular weight is 366 g/mol. The van der Waals surface area contributed by atoms with Gasteiger partial charge in [0.25, 0.3) is 5.91 Å². The van der Waals surface area contributed by atoms with E-state index in [-0.39, 0.29) is 11.3 Å². The molecule has 1 aromatic heterocycles. The van der Waals surface area contributed by atoms with Gasteiger partial charge in [0.2, 0.25) is 0 Å². The Bertz CT molecular complexity index is 866. The fourth-order valence-corrected chi connectivity index (χ4v) is 2.99. The lowest BCUT2D eigenvalue weighted by Crippen LogP contribution is -2.13. The zero-order valence-corrected chi connectivity index (χ0v) is 16.0. The zero-order valence-electron chi connectivity index (χ0n) is 15.2. The lowest BCUT2D eigenvalue weighted by Gasteiger charge is -2.19. The highest BCUT2D eigenvalue weighted by atomic mass is 32.1. The quantitative estimate of drug-likeness (QED) is 0.669. The van der Waals surface area contributed by atoms with Gasteiger partial charge >= 0.3 is 0 Å². The lowest BCUT2D eigenvalue weighted by molar-refractivity contribution is 0.102. The van der Waals surface area contributed by atoms with Crippen molar-refractivity contribution in [2.24, 2.45) is 0 Å². The van der Waals surface area contributed by atoms with Crippen LogP contribution in [0.15, 0.2) is 59.4 Å². The summed E-state index contributed by atoms with van der Waals surface area (Å²) >= 11 is 1.53. The largest absolute Gasteiger partial charge is 0.487 e. The number of nitrogens with zero attached hydrogens (tertiary/aromatic N) is 1. The van der Waals surface area contributed by atoms with Crippen LogP contribution in [0.2, 0.25) is 0 Å². The highest BCUT2D eigenvalue weighted by molar-refractivity contribution is 7.07. The zero-order chi connectivity index (χ0) is 18.6. The number of rotatable bonds is 5. The molecule has 0 bridgehead atoms. The number of hydrogen-bond donors (Lipinski definition) is 1. The lowest BCUT2D eigenvalue weighted by atomic mass is 9.87. The molecular weight excluding hydrogens is 344 g/mol. The Morgan fingerprint density at radius 3 is 2.58 bits per heavy atom. The van der Waals surface area contributed by atoms with Crippen molar-refractivity contribution in [3.8, 4) is 5.75 Å². The molecule has 0 saturated heterocycles. The molecule has 0 unspecified atom stereocenters. The Morgan fingerprint density at radius 2 is 1.92 bits per heavy atom. The summed E-state index contributed by atoms with van der Waals surface area (Å²) in [6.45, 7) is 6.88. The average Bonchev–Trinajstić information content (AvgIpc) is 3.13. The van der Waals surface area contributed by atoms with Crippen molar-refractivity contribution < 1.29 is 9.53 Å². The molecule has 0 aliphatic rings. The summed E-state index contributed by atoms with van der Waals surface area (Å²) in [6, 6.07) is 15.1. The van der Waals surface area contributed by atoms with E-state index in [1.54, 1.807) is 17.6 Å². The van der Waals surface area contributed by atoms with Gasteiger partial charge < -0.3 is 10.1 Å². The predicted molar refractivity (Wildman–Crippen MR) is 106 cm³/mol. The molecule has 1 N–H and O–H groups in total. The van der Waals surface area contributed by atoms with Crippen molar-refractivity contribution >= 4 is 22.9 Å². The standard InChI is InChI=1S/C21H22N2O2S/c1-21(2,3)16-7-9-17(10-8-16)23-20(24)15-5-4-6-19(11-15)25-12-18-13-26-14-22-18/h4-11,13-14H,12H2,1-3H3,(H,23,24). The molecular formula is C21H22N2O2S. The molecule has 3 rings (SSSR count). The Hall–Kier alpha value is -2.66. The maximum Gasteiger partial charge on any atom is 0.255 e. The van der Waals surface area contributed by atoms with E-state index < -0.39 is 0 Å². The van der Waals surface area contributed by atoms with Crippen molar-refractivity contribution in [2.45, 2.75) is 32.8 Å². The number of carbonyl (C=O) groups excluding carboxylic acids is 1. The Balaban J connectivity index is 1.65. The first-order valence-corrected chi connectivity index (χ1v) is 9.38. The fraction of sp³-hybridized carbons (Fsp3) is 0.238. The van der Waals surface area contributed by atoms with Gasteiger partial charge in [-0.1, -0.05) is 39.0 Å². The maximum atomic E-state index is 12.5. The molecule has 0 saturated carbocycles. The smallest absolute Gasteiger partial charge is 0.255 e. The summed E-state index contributed by atoms with van der Waals surface area (Å²) in [5.41, 5.74) is 5.30. The summed E-state index contributed by atoms with van der Waals surface area (Å²) in [5.74, 6) is 0.487. The van der Waals surface area contributed by atoms with Crippen LogP contribution in [0.4, 0.5) is 5.69 Å². The summed E-state index contributed by atoms with van der Waals surface area (Å²) in [6.07, 6.45) is 0. The van der Waals surface area contributed by atoms with Gasteiger partial charge in [-0.05, 0) is 41.3 Å². The molecule has 5 heteroatoms. The molecule has 4 nitrogen and oxygen atoms in total. The van der Waals surface area contributed by atoms with Crippen LogP contribution in [-0.2, 0) is 12.0 Å². The van der Waals surface area contributed by atoms with Crippen LogP contribution in [0.25, 0.3) is 0 Å². The number of ether oxygens (including phenoxy) is 1. The summed E-state index contributed by atoms with van der Waals surface area (Å²) in [4.78, 5) is 16.7. The second-order valence-corrected chi connectivity index (χ2v) is 7.80. The third-order valence-corrected chi connectivity index (χ3v) is 4.61. The molecule has 3 aromatic rings. The maximum absolute atomic E-state index is 12.5. The van der Waals surface area contributed by atoms with Gasteiger partial charge in [-0.15, -0.1) is 11.3 Å². The minimum Gasteiger partial charge on any atom is -0.487 e. The van der Waals surface area contributed by atoms with E-state index in [0.717, 1.165) is 11.4 Å². The first-order chi connectivity index (χ1) is 12.4. The van der Waals surface area contributed by atoms with Gasteiger partial charge in [0.05, 0.1) is 11.2 Å². The van der Waals surface area contributed by atoms with Gasteiger partial charge in [-0.3, -0.25) is 4.79 Å². The van der Waals surface area contributed by atoms with Crippen LogP contribution in [0.3, 0.4) is 0 Å². The Kier molecular flexibility index (Phi) is 5.38. The summed E-state index contributed by atoms with van der Waals surface area (Å²) < 4.78 is 5.71. The van der Waals surface area contributed by atoms with E-state index in [4.69, 9.17) is 4.74 Å². The first-order valence-electron chi connectivity index (χ1n) is 8.44. The SMILES string of the molecule is CC(C)(C)c1ccc(NC(=O)c2cccc(OCc3cscn3)c2)cc1. The molecule has 0 aliphatic carbocycles. The molecule has 1 amide bonds. The van der Waals surface area contributed by atoms with Gasteiger partial charge in [0, 0.05) is 16.6 Å². The molecule has 0 fully saturated rings. The molecule has 2 aromatic carbocycles. The van der Waals surface area contributed by atoms with Crippen molar-refractivity contribution in [2.75, 3.05) is 5.32 Å². The van der Waals surface area contributed by atoms with Gasteiger partial charge in [-0.25, -0.2) is 4.98 Å². The third-order valence-electron chi connectivity index (χ3n) is 3.98. The molecule has 0 spiro atoms. The second kappa shape index (κ2) is 7.70. The van der Waals surface area contributed by atoms with Crippen LogP contribution in [0.5, 0.6) is 5.75 Å². The molecule has 0 aliphatic heterocycles. The number of benzene rings is 2. The second-order valence-electron chi connectivity index (χ2n) is 7.08. The normalized spacial score (nSPS) is 11.2. The van der Waals surface area contributed by atoms with Crippen molar-refractivity contribution in [3.05, 3.63) is 76.2 Å². The third kappa shape index (κ3) is 4.70. The monoisotopic (exact) mass is 366 g/mol. The predicted octanol–water partition coefficient (Wildman–Crippen LogP) is 5.27. The first kappa shape index (κ1) is 18.1. The molecule has 0 radical (unpaired) electrons. The fourth-order valence-electron chi connectivity index (χ4n) is 2.45. The van der Waals surface area contributed by atoms with Gasteiger partial charge in [0.15, 0.2) is 0 Å². The minimum absolute atomic E-state index is 0.0888. The van der Waals surface area contributed by atoms with Crippen molar-refractivity contribution in [1.82, 2.24) is 4.98 Å². The minimum atomic E-state index is -0.160. The van der Waals surface area contributed by atoms with Gasteiger partial charge in [-0.2, -0.15) is 0 Å². The number of amides is 1. The Labute approximate surface area is 157 Å². The van der Waals surface area contributed by atoms with E-state index in [1.807, 2.05) is 41.8 Å².